The molecular weight excluding hydrogens is 228 g/mol. The Labute approximate surface area is 104 Å². The van der Waals surface area contributed by atoms with Crippen molar-refractivity contribution in [1.82, 2.24) is 14.9 Å². The number of aryl methyl sites for hydroxylation is 1. The molecule has 0 unspecified atom stereocenters. The number of nitrogen functional groups attached to an aromatic ring is 1. The predicted octanol–water partition coefficient (Wildman–Crippen LogP) is 2.42. The molecular formula is C13H12N4O. The molecule has 2 aromatic heterocycles. The summed E-state index contributed by atoms with van der Waals surface area (Å²) in [6, 6.07) is 9.55. The molecule has 0 aliphatic heterocycles. The molecule has 0 amide bonds. The van der Waals surface area contributed by atoms with E-state index in [1.165, 1.54) is 0 Å². The minimum absolute atomic E-state index is 0.302. The number of nitrogens with zero attached hydrogens (tertiary/aromatic N) is 3. The standard InChI is InChI=1S/C13H12N4O/c1-9-7-15-17(8-9)12-5-3-2-4-10(12)11-6-13(14)18-16-11/h2-8H,14H2,1H3. The van der Waals surface area contributed by atoms with E-state index >= 15 is 0 Å². The Morgan fingerprint density at radius 2 is 2.11 bits per heavy atom. The molecule has 0 aliphatic carbocycles. The molecule has 90 valence electrons. The summed E-state index contributed by atoms with van der Waals surface area (Å²) in [5.41, 5.74) is 9.24. The van der Waals surface area contributed by atoms with Crippen LogP contribution >= 0.6 is 0 Å². The minimum Gasteiger partial charge on any atom is -0.368 e. The molecule has 3 rings (SSSR count). The molecule has 0 saturated carbocycles. The number of nitrogens with two attached hydrogens (primary N) is 1. The highest BCUT2D eigenvalue weighted by atomic mass is 16.5. The molecule has 0 fully saturated rings. The van der Waals surface area contributed by atoms with Crippen molar-refractivity contribution in [2.75, 3.05) is 5.73 Å². The summed E-state index contributed by atoms with van der Waals surface area (Å²) in [4.78, 5) is 0. The van der Waals surface area contributed by atoms with E-state index in [9.17, 15) is 0 Å². The lowest BCUT2D eigenvalue weighted by atomic mass is 10.1. The molecule has 0 bridgehead atoms. The lowest BCUT2D eigenvalue weighted by Crippen LogP contribution is -1.97. The van der Waals surface area contributed by atoms with Crippen LogP contribution in [0.25, 0.3) is 16.9 Å². The fourth-order valence-electron chi connectivity index (χ4n) is 1.85. The van der Waals surface area contributed by atoms with E-state index in [1.807, 2.05) is 48.3 Å². The van der Waals surface area contributed by atoms with Gasteiger partial charge in [-0.15, -0.1) is 0 Å². The first kappa shape index (κ1) is 10.6. The minimum atomic E-state index is 0.302. The average molecular weight is 240 g/mol. The fraction of sp³-hybridized carbons (Fsp3) is 0.0769. The highest BCUT2D eigenvalue weighted by Crippen LogP contribution is 2.26. The van der Waals surface area contributed by atoms with Gasteiger partial charge in [0.25, 0.3) is 0 Å². The van der Waals surface area contributed by atoms with Crippen molar-refractivity contribution in [2.45, 2.75) is 6.92 Å². The van der Waals surface area contributed by atoms with Gasteiger partial charge in [0.05, 0.1) is 11.9 Å². The van der Waals surface area contributed by atoms with Gasteiger partial charge in [-0.3, -0.25) is 0 Å². The van der Waals surface area contributed by atoms with Gasteiger partial charge in [0.15, 0.2) is 0 Å². The molecule has 0 spiro atoms. The van der Waals surface area contributed by atoms with Crippen LogP contribution in [-0.4, -0.2) is 14.9 Å². The Balaban J connectivity index is 2.16. The van der Waals surface area contributed by atoms with Crippen LogP contribution in [-0.2, 0) is 0 Å². The van der Waals surface area contributed by atoms with Crippen LogP contribution in [0.15, 0.2) is 47.2 Å². The number of hydrogen-bond donors (Lipinski definition) is 1. The van der Waals surface area contributed by atoms with Crippen molar-refractivity contribution < 1.29 is 4.52 Å². The maximum Gasteiger partial charge on any atom is 0.222 e. The summed E-state index contributed by atoms with van der Waals surface area (Å²) < 4.78 is 6.73. The second kappa shape index (κ2) is 4.03. The van der Waals surface area contributed by atoms with E-state index in [-0.39, 0.29) is 0 Å². The van der Waals surface area contributed by atoms with Gasteiger partial charge >= 0.3 is 0 Å². The Kier molecular flexibility index (Phi) is 2.37. The lowest BCUT2D eigenvalue weighted by molar-refractivity contribution is 0.439. The number of para-hydroxylation sites is 1. The third-order valence-electron chi connectivity index (χ3n) is 2.67. The fourth-order valence-corrected chi connectivity index (χ4v) is 1.85. The van der Waals surface area contributed by atoms with Gasteiger partial charge in [-0.1, -0.05) is 23.4 Å². The normalized spacial score (nSPS) is 10.7. The summed E-state index contributed by atoms with van der Waals surface area (Å²) in [5.74, 6) is 0.302. The van der Waals surface area contributed by atoms with Crippen LogP contribution in [0.3, 0.4) is 0 Å². The Bertz CT molecular complexity index is 624. The van der Waals surface area contributed by atoms with E-state index in [0.717, 1.165) is 16.8 Å². The van der Waals surface area contributed by atoms with Crippen molar-refractivity contribution in [3.05, 3.63) is 48.3 Å². The predicted molar refractivity (Wildman–Crippen MR) is 68.2 cm³/mol. The second-order valence-corrected chi connectivity index (χ2v) is 4.09. The molecule has 0 atom stereocenters. The first-order valence-corrected chi connectivity index (χ1v) is 5.57. The van der Waals surface area contributed by atoms with Gasteiger partial charge in [-0.25, -0.2) is 4.68 Å². The maximum absolute atomic E-state index is 5.56. The van der Waals surface area contributed by atoms with Crippen LogP contribution in [0.2, 0.25) is 0 Å². The zero-order valence-electron chi connectivity index (χ0n) is 9.87. The Hall–Kier alpha value is -2.56. The first-order valence-electron chi connectivity index (χ1n) is 5.57. The van der Waals surface area contributed by atoms with Gasteiger partial charge in [0, 0.05) is 17.8 Å². The summed E-state index contributed by atoms with van der Waals surface area (Å²) in [6.07, 6.45) is 3.77. The SMILES string of the molecule is Cc1cnn(-c2ccccc2-c2cc(N)on2)c1. The van der Waals surface area contributed by atoms with E-state index in [0.29, 0.717) is 11.6 Å². The number of anilines is 1. The van der Waals surface area contributed by atoms with E-state index in [1.54, 1.807) is 6.07 Å². The number of rotatable bonds is 2. The van der Waals surface area contributed by atoms with E-state index < -0.39 is 0 Å². The summed E-state index contributed by atoms with van der Waals surface area (Å²) in [7, 11) is 0. The largest absolute Gasteiger partial charge is 0.368 e. The maximum atomic E-state index is 5.56. The monoisotopic (exact) mass is 240 g/mol. The van der Waals surface area contributed by atoms with Crippen molar-refractivity contribution in [2.24, 2.45) is 0 Å². The smallest absolute Gasteiger partial charge is 0.222 e. The Morgan fingerprint density at radius 3 is 2.78 bits per heavy atom. The molecule has 5 nitrogen and oxygen atoms in total. The number of benzene rings is 1. The van der Waals surface area contributed by atoms with Crippen molar-refractivity contribution in [3.63, 3.8) is 0 Å². The molecule has 5 heteroatoms. The highest BCUT2D eigenvalue weighted by Gasteiger charge is 2.11. The Morgan fingerprint density at radius 1 is 1.28 bits per heavy atom. The molecule has 2 N–H and O–H groups in total. The van der Waals surface area contributed by atoms with E-state index in [2.05, 4.69) is 10.3 Å². The third kappa shape index (κ3) is 1.75. The zero-order chi connectivity index (χ0) is 12.5. The van der Waals surface area contributed by atoms with Gasteiger partial charge < -0.3 is 10.3 Å². The quantitative estimate of drug-likeness (QED) is 0.746. The topological polar surface area (TPSA) is 69.9 Å². The van der Waals surface area contributed by atoms with E-state index in [4.69, 9.17) is 10.3 Å². The molecule has 2 heterocycles. The van der Waals surface area contributed by atoms with Gasteiger partial charge in [-0.05, 0) is 18.6 Å². The van der Waals surface area contributed by atoms with Crippen LogP contribution in [0, 0.1) is 6.92 Å². The molecule has 1 aromatic carbocycles. The first-order chi connectivity index (χ1) is 8.74. The summed E-state index contributed by atoms with van der Waals surface area (Å²) in [5, 5.41) is 8.24. The number of aromatic nitrogens is 3. The molecule has 3 aromatic rings. The van der Waals surface area contributed by atoms with Gasteiger partial charge in [-0.2, -0.15) is 5.10 Å². The van der Waals surface area contributed by atoms with Gasteiger partial charge in [0.1, 0.15) is 5.69 Å². The number of hydrogen-bond acceptors (Lipinski definition) is 4. The molecule has 0 saturated heterocycles. The van der Waals surface area contributed by atoms with Crippen LogP contribution in [0.4, 0.5) is 5.88 Å². The third-order valence-corrected chi connectivity index (χ3v) is 2.67. The summed E-state index contributed by atoms with van der Waals surface area (Å²) >= 11 is 0. The molecule has 18 heavy (non-hydrogen) atoms. The van der Waals surface area contributed by atoms with Crippen LogP contribution < -0.4 is 5.73 Å². The van der Waals surface area contributed by atoms with Crippen molar-refractivity contribution in [1.29, 1.82) is 0 Å². The summed E-state index contributed by atoms with van der Waals surface area (Å²) in [6.45, 7) is 2.00. The second-order valence-electron chi connectivity index (χ2n) is 4.09. The molecule has 0 radical (unpaired) electrons. The average Bonchev–Trinajstić information content (AvgIpc) is 2.98. The molecule has 0 aliphatic rings. The van der Waals surface area contributed by atoms with Crippen molar-refractivity contribution in [3.8, 4) is 16.9 Å². The van der Waals surface area contributed by atoms with Crippen LogP contribution in [0.5, 0.6) is 0 Å². The van der Waals surface area contributed by atoms with Gasteiger partial charge in [0.2, 0.25) is 5.88 Å². The lowest BCUT2D eigenvalue weighted by Gasteiger charge is -2.06. The highest BCUT2D eigenvalue weighted by molar-refractivity contribution is 5.70. The zero-order valence-corrected chi connectivity index (χ0v) is 9.87. The van der Waals surface area contributed by atoms with Crippen molar-refractivity contribution >= 4 is 5.88 Å². The van der Waals surface area contributed by atoms with Crippen LogP contribution in [0.1, 0.15) is 5.56 Å².